The molecule has 1 N–H and O–H groups in total. The van der Waals surface area contributed by atoms with E-state index < -0.39 is 6.09 Å². The van der Waals surface area contributed by atoms with Gasteiger partial charge in [0.2, 0.25) is 0 Å². The number of carbonyl (C=O) groups is 1. The first kappa shape index (κ1) is 15.8. The predicted molar refractivity (Wildman–Crippen MR) is 67.7 cm³/mol. The summed E-state index contributed by atoms with van der Waals surface area (Å²) in [5.41, 5.74) is -0.298. The summed E-state index contributed by atoms with van der Waals surface area (Å²) < 4.78 is 10.5. The molecule has 98 valence electrons. The van der Waals surface area contributed by atoms with Crippen LogP contribution in [0.15, 0.2) is 0 Å². The van der Waals surface area contributed by atoms with Crippen LogP contribution in [0.2, 0.25) is 0 Å². The average molecular weight is 241 g/mol. The Balaban J connectivity index is 4.06. The van der Waals surface area contributed by atoms with Gasteiger partial charge in [0.15, 0.2) is 0 Å². The number of hydrogen-bond donors (Lipinski definition) is 1. The standard InChI is InChI=1S/C13H23NO3/c1-6-8-11(10-16-9-7-2)17-12(15)14-13(3,4)5/h2,11H,6,8-10H2,1,3-5H3,(H,14,15). The van der Waals surface area contributed by atoms with Gasteiger partial charge in [-0.15, -0.1) is 6.42 Å². The van der Waals surface area contributed by atoms with Gasteiger partial charge in [0.1, 0.15) is 12.7 Å². The van der Waals surface area contributed by atoms with Gasteiger partial charge in [0.05, 0.1) is 6.61 Å². The fourth-order valence-corrected chi connectivity index (χ4v) is 1.23. The Hall–Kier alpha value is -1.21. The molecular formula is C13H23NO3. The lowest BCUT2D eigenvalue weighted by Crippen LogP contribution is -2.42. The highest BCUT2D eigenvalue weighted by Gasteiger charge is 2.18. The van der Waals surface area contributed by atoms with Gasteiger partial charge < -0.3 is 14.8 Å². The van der Waals surface area contributed by atoms with Gasteiger partial charge in [-0.3, -0.25) is 0 Å². The molecule has 0 rings (SSSR count). The third kappa shape index (κ3) is 9.70. The SMILES string of the molecule is C#CCOCC(CCC)OC(=O)NC(C)(C)C. The quantitative estimate of drug-likeness (QED) is 0.573. The highest BCUT2D eigenvalue weighted by Crippen LogP contribution is 2.06. The van der Waals surface area contributed by atoms with Crippen LogP contribution in [0.4, 0.5) is 4.79 Å². The zero-order chi connectivity index (χ0) is 13.3. The monoisotopic (exact) mass is 241 g/mol. The topological polar surface area (TPSA) is 47.6 Å². The maximum absolute atomic E-state index is 11.5. The second kappa shape index (κ2) is 7.97. The van der Waals surface area contributed by atoms with Gasteiger partial charge in [-0.1, -0.05) is 19.3 Å². The van der Waals surface area contributed by atoms with Crippen LogP contribution in [-0.4, -0.2) is 30.9 Å². The molecule has 0 bridgehead atoms. The van der Waals surface area contributed by atoms with Crippen molar-refractivity contribution in [2.24, 2.45) is 0 Å². The molecule has 4 heteroatoms. The van der Waals surface area contributed by atoms with Crippen molar-refractivity contribution in [1.29, 1.82) is 0 Å². The molecule has 0 spiro atoms. The molecule has 0 aliphatic rings. The summed E-state index contributed by atoms with van der Waals surface area (Å²) in [6, 6.07) is 0. The molecule has 1 unspecified atom stereocenters. The van der Waals surface area contributed by atoms with Crippen LogP contribution in [0.3, 0.4) is 0 Å². The smallest absolute Gasteiger partial charge is 0.407 e. The van der Waals surface area contributed by atoms with Crippen molar-refractivity contribution < 1.29 is 14.3 Å². The van der Waals surface area contributed by atoms with Crippen molar-refractivity contribution in [3.8, 4) is 12.3 Å². The van der Waals surface area contributed by atoms with Crippen molar-refractivity contribution >= 4 is 6.09 Å². The molecule has 0 aliphatic heterocycles. The summed E-state index contributed by atoms with van der Waals surface area (Å²) in [7, 11) is 0. The van der Waals surface area contributed by atoms with Gasteiger partial charge in [-0.2, -0.15) is 0 Å². The lowest BCUT2D eigenvalue weighted by Gasteiger charge is -2.23. The van der Waals surface area contributed by atoms with E-state index in [1.165, 1.54) is 0 Å². The molecular weight excluding hydrogens is 218 g/mol. The van der Waals surface area contributed by atoms with Crippen LogP contribution in [0, 0.1) is 12.3 Å². The number of amides is 1. The minimum atomic E-state index is -0.416. The number of carbonyl (C=O) groups excluding carboxylic acids is 1. The van der Waals surface area contributed by atoms with Crippen LogP contribution in [0.5, 0.6) is 0 Å². The third-order valence-electron chi connectivity index (χ3n) is 1.85. The molecule has 0 aromatic rings. The Morgan fingerprint density at radius 1 is 1.47 bits per heavy atom. The van der Waals surface area contributed by atoms with E-state index in [0.717, 1.165) is 12.8 Å². The first-order chi connectivity index (χ1) is 7.89. The zero-order valence-electron chi connectivity index (χ0n) is 11.2. The van der Waals surface area contributed by atoms with Gasteiger partial charge >= 0.3 is 6.09 Å². The Morgan fingerprint density at radius 3 is 2.59 bits per heavy atom. The maximum atomic E-state index is 11.5. The lowest BCUT2D eigenvalue weighted by molar-refractivity contribution is 0.0232. The molecule has 0 aromatic carbocycles. The van der Waals surface area contributed by atoms with E-state index in [4.69, 9.17) is 15.9 Å². The highest BCUT2D eigenvalue weighted by molar-refractivity contribution is 5.68. The van der Waals surface area contributed by atoms with Crippen LogP contribution >= 0.6 is 0 Å². The number of alkyl carbamates (subject to hydrolysis) is 1. The molecule has 1 amide bonds. The van der Waals surface area contributed by atoms with E-state index in [9.17, 15) is 4.79 Å². The largest absolute Gasteiger partial charge is 0.444 e. The van der Waals surface area contributed by atoms with Crippen molar-refractivity contribution in [1.82, 2.24) is 5.32 Å². The number of hydrogen-bond acceptors (Lipinski definition) is 3. The highest BCUT2D eigenvalue weighted by atomic mass is 16.6. The van der Waals surface area contributed by atoms with Crippen LogP contribution < -0.4 is 5.32 Å². The minimum Gasteiger partial charge on any atom is -0.444 e. The van der Waals surface area contributed by atoms with Gasteiger partial charge in [0.25, 0.3) is 0 Å². The fraction of sp³-hybridized carbons (Fsp3) is 0.769. The average Bonchev–Trinajstić information content (AvgIpc) is 2.15. The number of terminal acetylenes is 1. The van der Waals surface area contributed by atoms with Crippen molar-refractivity contribution in [3.63, 3.8) is 0 Å². The summed E-state index contributed by atoms with van der Waals surface area (Å²) in [6.45, 7) is 8.31. The number of rotatable bonds is 6. The van der Waals surface area contributed by atoms with Crippen molar-refractivity contribution in [2.45, 2.75) is 52.2 Å². The van der Waals surface area contributed by atoms with E-state index in [1.54, 1.807) is 0 Å². The molecule has 0 saturated heterocycles. The molecule has 1 atom stereocenters. The molecule has 0 saturated carbocycles. The molecule has 0 fully saturated rings. The Labute approximate surface area is 104 Å². The van der Waals surface area contributed by atoms with Crippen molar-refractivity contribution in [3.05, 3.63) is 0 Å². The predicted octanol–water partition coefficient (Wildman–Crippen LogP) is 2.33. The van der Waals surface area contributed by atoms with Gasteiger partial charge in [0, 0.05) is 5.54 Å². The summed E-state index contributed by atoms with van der Waals surface area (Å²) in [6.07, 6.45) is 6.11. The van der Waals surface area contributed by atoms with E-state index in [1.807, 2.05) is 27.7 Å². The minimum absolute atomic E-state index is 0.240. The molecule has 0 radical (unpaired) electrons. The first-order valence-corrected chi connectivity index (χ1v) is 5.89. The Bertz CT molecular complexity index is 263. The molecule has 0 heterocycles. The normalized spacial score (nSPS) is 12.6. The summed E-state index contributed by atoms with van der Waals surface area (Å²) >= 11 is 0. The second-order valence-electron chi connectivity index (χ2n) is 4.91. The van der Waals surface area contributed by atoms with E-state index >= 15 is 0 Å². The molecule has 0 aromatic heterocycles. The molecule has 17 heavy (non-hydrogen) atoms. The van der Waals surface area contributed by atoms with Gasteiger partial charge in [-0.25, -0.2) is 4.79 Å². The lowest BCUT2D eigenvalue weighted by atomic mass is 10.1. The maximum Gasteiger partial charge on any atom is 0.407 e. The van der Waals surface area contributed by atoms with Crippen LogP contribution in [-0.2, 0) is 9.47 Å². The van der Waals surface area contributed by atoms with E-state index in [-0.39, 0.29) is 18.2 Å². The number of ether oxygens (including phenoxy) is 2. The van der Waals surface area contributed by atoms with Crippen LogP contribution in [0.25, 0.3) is 0 Å². The molecule has 0 aliphatic carbocycles. The third-order valence-corrected chi connectivity index (χ3v) is 1.85. The van der Waals surface area contributed by atoms with Crippen LogP contribution in [0.1, 0.15) is 40.5 Å². The first-order valence-electron chi connectivity index (χ1n) is 5.89. The summed E-state index contributed by atoms with van der Waals surface area (Å²) in [4.78, 5) is 11.5. The zero-order valence-corrected chi connectivity index (χ0v) is 11.2. The summed E-state index contributed by atoms with van der Waals surface area (Å²) in [5.74, 6) is 2.38. The van der Waals surface area contributed by atoms with E-state index in [0.29, 0.717) is 6.61 Å². The van der Waals surface area contributed by atoms with Crippen molar-refractivity contribution in [2.75, 3.05) is 13.2 Å². The summed E-state index contributed by atoms with van der Waals surface area (Å²) in [5, 5.41) is 2.74. The van der Waals surface area contributed by atoms with E-state index in [2.05, 4.69) is 11.2 Å². The number of nitrogens with one attached hydrogen (secondary N) is 1. The fourth-order valence-electron chi connectivity index (χ4n) is 1.23. The molecule has 4 nitrogen and oxygen atoms in total. The second-order valence-corrected chi connectivity index (χ2v) is 4.91. The Morgan fingerprint density at radius 2 is 2.12 bits per heavy atom. The Kier molecular flexibility index (Phi) is 7.40. The van der Waals surface area contributed by atoms with Gasteiger partial charge in [-0.05, 0) is 27.2 Å².